The molecule has 0 radical (unpaired) electrons. The van der Waals surface area contributed by atoms with Gasteiger partial charge in [0.25, 0.3) is 0 Å². The molecular formula is C30H44O5. The lowest BCUT2D eigenvalue weighted by Gasteiger charge is -2.13. The van der Waals surface area contributed by atoms with Crippen LogP contribution in [0.3, 0.4) is 0 Å². The van der Waals surface area contributed by atoms with E-state index >= 15 is 0 Å². The molecule has 0 saturated carbocycles. The van der Waals surface area contributed by atoms with Gasteiger partial charge in [-0.15, -0.1) is 0 Å². The molecule has 1 aromatic heterocycles. The molecule has 0 aliphatic carbocycles. The lowest BCUT2D eigenvalue weighted by atomic mass is 10.1. The van der Waals surface area contributed by atoms with E-state index in [0.29, 0.717) is 29.1 Å². The molecule has 2 rings (SSSR count). The molecule has 2 aromatic rings. The molecule has 35 heavy (non-hydrogen) atoms. The van der Waals surface area contributed by atoms with Crippen molar-refractivity contribution in [1.29, 1.82) is 0 Å². The van der Waals surface area contributed by atoms with Gasteiger partial charge < -0.3 is 18.6 Å². The molecule has 194 valence electrons. The van der Waals surface area contributed by atoms with Crippen molar-refractivity contribution in [3.63, 3.8) is 0 Å². The number of hydrogen-bond donors (Lipinski definition) is 0. The molecule has 0 N–H and O–H groups in total. The van der Waals surface area contributed by atoms with Gasteiger partial charge in [-0.05, 0) is 58.2 Å². The van der Waals surface area contributed by atoms with E-state index in [1.165, 1.54) is 56.8 Å². The van der Waals surface area contributed by atoms with Crippen LogP contribution < -0.4 is 19.8 Å². The molecule has 0 amide bonds. The Labute approximate surface area is 211 Å². The monoisotopic (exact) mass is 484 g/mol. The van der Waals surface area contributed by atoms with E-state index in [1.54, 1.807) is 0 Å². The largest absolute Gasteiger partial charge is 0.492 e. The van der Waals surface area contributed by atoms with Crippen LogP contribution in [-0.2, 0) is 0 Å². The maximum Gasteiger partial charge on any atom is 0.383 e. The maximum absolute atomic E-state index is 12.8. The highest BCUT2D eigenvalue weighted by Gasteiger charge is 2.19. The standard InChI is InChI=1S/C30H44O5/c1-6-7-8-9-10-11-12-13-21-33-26-19-15-18-25-27(26)35-30(31)29(28(25)32-5)34-22-20-24(4)17-14-16-23(2)3/h15-16,18-20H,6-14,17,21-22H2,1-5H3/b24-20+. The summed E-state index contributed by atoms with van der Waals surface area (Å²) in [6.07, 6.45) is 16.1. The fraction of sp³-hybridized carbons (Fsp3) is 0.567. The minimum absolute atomic E-state index is 0.0913. The SMILES string of the molecule is CCCCCCCCCCOc1cccc2c(OC)c(OC/C=C(\C)CCC=C(C)C)c(=O)oc12. The maximum atomic E-state index is 12.8. The Kier molecular flexibility index (Phi) is 13.1. The number of allylic oxidation sites excluding steroid dienone is 3. The molecule has 0 saturated heterocycles. The molecule has 1 heterocycles. The van der Waals surface area contributed by atoms with Crippen LogP contribution in [-0.4, -0.2) is 20.3 Å². The van der Waals surface area contributed by atoms with Crippen LogP contribution in [0.4, 0.5) is 0 Å². The molecule has 5 heteroatoms. The van der Waals surface area contributed by atoms with Crippen molar-refractivity contribution in [1.82, 2.24) is 0 Å². The van der Waals surface area contributed by atoms with E-state index in [1.807, 2.05) is 24.3 Å². The fourth-order valence-electron chi connectivity index (χ4n) is 3.97. The quantitative estimate of drug-likeness (QED) is 0.128. The number of rotatable bonds is 17. The van der Waals surface area contributed by atoms with E-state index in [4.69, 9.17) is 18.6 Å². The van der Waals surface area contributed by atoms with Crippen LogP contribution in [0.2, 0.25) is 0 Å². The number of unbranched alkanes of at least 4 members (excludes halogenated alkanes) is 7. The summed E-state index contributed by atoms with van der Waals surface area (Å²) in [5.74, 6) is 1.03. The first-order chi connectivity index (χ1) is 17.0. The average molecular weight is 485 g/mol. The normalized spacial score (nSPS) is 11.5. The molecule has 0 unspecified atom stereocenters. The van der Waals surface area contributed by atoms with E-state index in [-0.39, 0.29) is 12.4 Å². The van der Waals surface area contributed by atoms with Crippen molar-refractivity contribution < 1.29 is 18.6 Å². The van der Waals surface area contributed by atoms with Crippen molar-refractivity contribution in [2.75, 3.05) is 20.3 Å². The van der Waals surface area contributed by atoms with Gasteiger partial charge in [-0.1, -0.05) is 75.2 Å². The Balaban J connectivity index is 1.99. The highest BCUT2D eigenvalue weighted by Crippen LogP contribution is 2.36. The minimum Gasteiger partial charge on any atom is -0.492 e. The molecule has 0 atom stereocenters. The highest BCUT2D eigenvalue weighted by atomic mass is 16.5. The van der Waals surface area contributed by atoms with Gasteiger partial charge in [-0.2, -0.15) is 0 Å². The van der Waals surface area contributed by atoms with Crippen molar-refractivity contribution in [2.24, 2.45) is 0 Å². The number of benzene rings is 1. The van der Waals surface area contributed by atoms with Crippen LogP contribution in [0.15, 0.2) is 50.7 Å². The summed E-state index contributed by atoms with van der Waals surface area (Å²) in [6, 6.07) is 5.56. The molecule has 0 aliphatic rings. The average Bonchev–Trinajstić information content (AvgIpc) is 2.83. The first kappa shape index (κ1) is 28.5. The van der Waals surface area contributed by atoms with Gasteiger partial charge in [0.05, 0.1) is 19.1 Å². The van der Waals surface area contributed by atoms with E-state index < -0.39 is 5.63 Å². The first-order valence-electron chi connectivity index (χ1n) is 13.2. The molecule has 5 nitrogen and oxygen atoms in total. The second kappa shape index (κ2) is 16.1. The van der Waals surface area contributed by atoms with E-state index in [9.17, 15) is 4.79 Å². The third-order valence-corrected chi connectivity index (χ3v) is 6.02. The zero-order chi connectivity index (χ0) is 25.5. The topological polar surface area (TPSA) is 57.9 Å². The van der Waals surface area contributed by atoms with Crippen molar-refractivity contribution in [3.05, 3.63) is 51.9 Å². The van der Waals surface area contributed by atoms with Crippen LogP contribution in [0.5, 0.6) is 17.2 Å². The zero-order valence-corrected chi connectivity index (χ0v) is 22.4. The summed E-state index contributed by atoms with van der Waals surface area (Å²) in [5.41, 5.74) is 2.36. The van der Waals surface area contributed by atoms with Gasteiger partial charge in [0.1, 0.15) is 6.61 Å². The molecule has 0 fully saturated rings. The second-order valence-corrected chi connectivity index (χ2v) is 9.39. The zero-order valence-electron chi connectivity index (χ0n) is 22.4. The predicted octanol–water partition coefficient (Wildman–Crippen LogP) is 8.39. The van der Waals surface area contributed by atoms with Gasteiger partial charge >= 0.3 is 5.63 Å². The summed E-state index contributed by atoms with van der Waals surface area (Å²) >= 11 is 0. The van der Waals surface area contributed by atoms with Gasteiger partial charge in [0.15, 0.2) is 17.1 Å². The Morgan fingerprint density at radius 1 is 0.914 bits per heavy atom. The smallest absolute Gasteiger partial charge is 0.383 e. The summed E-state index contributed by atoms with van der Waals surface area (Å²) in [7, 11) is 1.54. The summed E-state index contributed by atoms with van der Waals surface area (Å²) < 4.78 is 23.0. The Morgan fingerprint density at radius 3 is 2.31 bits per heavy atom. The Bertz CT molecular complexity index is 1010. The fourth-order valence-corrected chi connectivity index (χ4v) is 3.97. The number of para-hydroxylation sites is 1. The van der Waals surface area contributed by atoms with Gasteiger partial charge in [-0.3, -0.25) is 0 Å². The lowest BCUT2D eigenvalue weighted by Crippen LogP contribution is -2.10. The van der Waals surface area contributed by atoms with E-state index in [0.717, 1.165) is 25.7 Å². The second-order valence-electron chi connectivity index (χ2n) is 9.39. The van der Waals surface area contributed by atoms with E-state index in [2.05, 4.69) is 33.8 Å². The number of methoxy groups -OCH3 is 1. The third-order valence-electron chi connectivity index (χ3n) is 6.02. The molecule has 0 aliphatic heterocycles. The molecule has 0 spiro atoms. The molecular weight excluding hydrogens is 440 g/mol. The molecule has 1 aromatic carbocycles. The van der Waals surface area contributed by atoms with Crippen LogP contribution >= 0.6 is 0 Å². The predicted molar refractivity (Wildman–Crippen MR) is 145 cm³/mol. The Hall–Kier alpha value is -2.69. The van der Waals surface area contributed by atoms with Crippen LogP contribution in [0.25, 0.3) is 11.0 Å². The summed E-state index contributed by atoms with van der Waals surface area (Å²) in [5, 5.41) is 0.666. The van der Waals surface area contributed by atoms with Crippen molar-refractivity contribution in [3.8, 4) is 17.2 Å². The lowest BCUT2D eigenvalue weighted by molar-refractivity contribution is 0.294. The highest BCUT2D eigenvalue weighted by molar-refractivity contribution is 5.89. The van der Waals surface area contributed by atoms with Gasteiger partial charge in [0, 0.05) is 0 Å². The number of hydrogen-bond acceptors (Lipinski definition) is 5. The summed E-state index contributed by atoms with van der Waals surface area (Å²) in [6.45, 7) is 9.37. The van der Waals surface area contributed by atoms with Crippen molar-refractivity contribution in [2.45, 2.75) is 91.9 Å². The van der Waals surface area contributed by atoms with Crippen LogP contribution in [0.1, 0.15) is 91.9 Å². The summed E-state index contributed by atoms with van der Waals surface area (Å²) in [4.78, 5) is 12.8. The van der Waals surface area contributed by atoms with Crippen molar-refractivity contribution >= 4 is 11.0 Å². The van der Waals surface area contributed by atoms with Gasteiger partial charge in [0.2, 0.25) is 5.75 Å². The molecule has 0 bridgehead atoms. The van der Waals surface area contributed by atoms with Gasteiger partial charge in [-0.25, -0.2) is 4.79 Å². The number of fused-ring (bicyclic) bond motifs is 1. The number of ether oxygens (including phenoxy) is 3. The first-order valence-corrected chi connectivity index (χ1v) is 13.2. The Morgan fingerprint density at radius 2 is 1.63 bits per heavy atom. The minimum atomic E-state index is -0.562. The van der Waals surface area contributed by atoms with Crippen LogP contribution in [0, 0.1) is 0 Å². The third kappa shape index (κ3) is 9.83.